The highest BCUT2D eigenvalue weighted by molar-refractivity contribution is 7.07. The molecule has 0 amide bonds. The monoisotopic (exact) mass is 379 g/mol. The second-order valence-electron chi connectivity index (χ2n) is 7.43. The van der Waals surface area contributed by atoms with Gasteiger partial charge < -0.3 is 4.74 Å². The van der Waals surface area contributed by atoms with Crippen LogP contribution in [0.15, 0.2) is 64.0 Å². The molecular weight excluding hydrogens is 354 g/mol. The molecule has 4 rings (SSSR count). The van der Waals surface area contributed by atoms with E-state index in [0.29, 0.717) is 18.4 Å². The van der Waals surface area contributed by atoms with Crippen LogP contribution < -0.4 is 9.54 Å². The van der Waals surface area contributed by atoms with Crippen molar-refractivity contribution in [2.75, 3.05) is 13.7 Å². The first-order valence-electron chi connectivity index (χ1n) is 9.36. The fourth-order valence-electron chi connectivity index (χ4n) is 3.83. The smallest absolute Gasteiger partial charge is 0.206 e. The number of benzene rings is 1. The predicted octanol–water partition coefficient (Wildman–Crippen LogP) is 4.75. The molecule has 2 aromatic rings. The molecule has 0 aliphatic heterocycles. The van der Waals surface area contributed by atoms with Crippen LogP contribution in [-0.2, 0) is 0 Å². The van der Waals surface area contributed by atoms with Crippen molar-refractivity contribution < 1.29 is 4.74 Å². The number of nitrogens with zero attached hydrogens (tertiary/aromatic N) is 3. The summed E-state index contributed by atoms with van der Waals surface area (Å²) in [5.74, 6) is 2.78. The molecule has 1 heterocycles. The maximum Gasteiger partial charge on any atom is 0.206 e. The molecule has 3 atom stereocenters. The predicted molar refractivity (Wildman–Crippen MR) is 112 cm³/mol. The van der Waals surface area contributed by atoms with Crippen molar-refractivity contribution in [3.63, 3.8) is 0 Å². The summed E-state index contributed by atoms with van der Waals surface area (Å²) >= 11 is 1.62. The van der Waals surface area contributed by atoms with Gasteiger partial charge in [-0.25, -0.2) is 4.68 Å². The number of methoxy groups -OCH3 is 1. The summed E-state index contributed by atoms with van der Waals surface area (Å²) in [6.07, 6.45) is 9.35. The molecule has 140 valence electrons. The Morgan fingerprint density at radius 1 is 1.30 bits per heavy atom. The molecule has 1 fully saturated rings. The Bertz CT molecular complexity index is 949. The van der Waals surface area contributed by atoms with Crippen LogP contribution in [0.4, 0.5) is 0 Å². The van der Waals surface area contributed by atoms with Crippen molar-refractivity contribution >= 4 is 17.6 Å². The normalized spacial score (nSPS) is 24.2. The summed E-state index contributed by atoms with van der Waals surface area (Å²) in [6, 6.07) is 8.09. The van der Waals surface area contributed by atoms with Crippen molar-refractivity contribution in [2.24, 2.45) is 27.8 Å². The van der Waals surface area contributed by atoms with Gasteiger partial charge in [0, 0.05) is 23.1 Å². The number of allylic oxidation sites excluding steroid dienone is 2. The third kappa shape index (κ3) is 3.83. The third-order valence-electron chi connectivity index (χ3n) is 5.26. The van der Waals surface area contributed by atoms with Gasteiger partial charge in [-0.1, -0.05) is 24.3 Å². The minimum atomic E-state index is 0.533. The minimum Gasteiger partial charge on any atom is -0.497 e. The SMILES string of the molecule is C=C(C)CN=c1scc(-c2ccc(OC)cc2)n1N=CC1CC2C=CC1C2. The van der Waals surface area contributed by atoms with Crippen LogP contribution in [0.25, 0.3) is 11.3 Å². The molecule has 1 aromatic heterocycles. The van der Waals surface area contributed by atoms with E-state index in [4.69, 9.17) is 14.8 Å². The molecule has 1 aromatic carbocycles. The third-order valence-corrected chi connectivity index (χ3v) is 6.11. The summed E-state index contributed by atoms with van der Waals surface area (Å²) in [6.45, 7) is 6.58. The molecule has 1 saturated carbocycles. The number of aromatic nitrogens is 1. The van der Waals surface area contributed by atoms with E-state index in [1.165, 1.54) is 12.8 Å². The average Bonchev–Trinajstić information content (AvgIpc) is 3.40. The Balaban J connectivity index is 1.69. The lowest BCUT2D eigenvalue weighted by Gasteiger charge is -2.12. The largest absolute Gasteiger partial charge is 0.497 e. The zero-order chi connectivity index (χ0) is 18.8. The second kappa shape index (κ2) is 7.69. The number of ether oxygens (including phenoxy) is 1. The lowest BCUT2D eigenvalue weighted by molar-refractivity contribution is 0.415. The van der Waals surface area contributed by atoms with Gasteiger partial charge in [0.15, 0.2) is 0 Å². The Hall–Kier alpha value is -2.40. The fourth-order valence-corrected chi connectivity index (χ4v) is 4.67. The van der Waals surface area contributed by atoms with Crippen LogP contribution in [0.3, 0.4) is 0 Å². The lowest BCUT2D eigenvalue weighted by atomic mass is 9.95. The Morgan fingerprint density at radius 2 is 2.11 bits per heavy atom. The molecule has 0 radical (unpaired) electrons. The molecule has 4 nitrogen and oxygen atoms in total. The molecule has 0 spiro atoms. The van der Waals surface area contributed by atoms with E-state index < -0.39 is 0 Å². The van der Waals surface area contributed by atoms with Gasteiger partial charge in [0.05, 0.1) is 19.3 Å². The van der Waals surface area contributed by atoms with E-state index in [9.17, 15) is 0 Å². The quantitative estimate of drug-likeness (QED) is 0.527. The highest BCUT2D eigenvalue weighted by Gasteiger charge is 2.34. The lowest BCUT2D eigenvalue weighted by Crippen LogP contribution is -2.15. The van der Waals surface area contributed by atoms with E-state index in [2.05, 4.69) is 42.5 Å². The Kier molecular flexibility index (Phi) is 5.12. The molecule has 2 aliphatic rings. The van der Waals surface area contributed by atoms with Gasteiger partial charge in [-0.05, 0) is 55.9 Å². The first-order chi connectivity index (χ1) is 13.1. The number of hydrogen-bond donors (Lipinski definition) is 0. The second-order valence-corrected chi connectivity index (χ2v) is 8.26. The van der Waals surface area contributed by atoms with Gasteiger partial charge in [-0.15, -0.1) is 11.3 Å². The number of thiazole rings is 1. The summed E-state index contributed by atoms with van der Waals surface area (Å²) in [4.78, 5) is 5.61. The minimum absolute atomic E-state index is 0.533. The van der Waals surface area contributed by atoms with E-state index in [0.717, 1.165) is 33.3 Å². The van der Waals surface area contributed by atoms with E-state index >= 15 is 0 Å². The first kappa shape index (κ1) is 18.0. The maximum atomic E-state index is 5.28. The summed E-state index contributed by atoms with van der Waals surface area (Å²) in [5.41, 5.74) is 3.20. The summed E-state index contributed by atoms with van der Waals surface area (Å²) in [5, 5.41) is 7.00. The van der Waals surface area contributed by atoms with Crippen LogP contribution in [-0.4, -0.2) is 24.5 Å². The average molecular weight is 380 g/mol. The number of rotatable bonds is 6. The van der Waals surface area contributed by atoms with Crippen molar-refractivity contribution in [3.05, 3.63) is 58.8 Å². The molecule has 0 saturated heterocycles. The molecule has 2 bridgehead atoms. The van der Waals surface area contributed by atoms with Crippen molar-refractivity contribution in [1.29, 1.82) is 0 Å². The van der Waals surface area contributed by atoms with Crippen molar-refractivity contribution in [2.45, 2.75) is 19.8 Å². The molecule has 5 heteroatoms. The maximum absolute atomic E-state index is 5.28. The van der Waals surface area contributed by atoms with Gasteiger partial charge in [-0.2, -0.15) is 5.10 Å². The van der Waals surface area contributed by atoms with Gasteiger partial charge in [0.25, 0.3) is 0 Å². The number of fused-ring (bicyclic) bond motifs is 2. The first-order valence-corrected chi connectivity index (χ1v) is 10.2. The zero-order valence-electron chi connectivity index (χ0n) is 15.8. The fraction of sp³-hybridized carbons (Fsp3) is 0.364. The molecule has 0 N–H and O–H groups in total. The van der Waals surface area contributed by atoms with Gasteiger partial charge in [-0.3, -0.25) is 4.99 Å². The van der Waals surface area contributed by atoms with Crippen LogP contribution in [0.2, 0.25) is 0 Å². The molecule has 2 aliphatic carbocycles. The van der Waals surface area contributed by atoms with E-state index in [1.54, 1.807) is 18.4 Å². The number of hydrogen-bond acceptors (Lipinski definition) is 4. The topological polar surface area (TPSA) is 38.9 Å². The van der Waals surface area contributed by atoms with E-state index in [1.807, 2.05) is 23.7 Å². The van der Waals surface area contributed by atoms with Crippen LogP contribution in [0.5, 0.6) is 5.75 Å². The van der Waals surface area contributed by atoms with Crippen LogP contribution in [0.1, 0.15) is 19.8 Å². The van der Waals surface area contributed by atoms with Crippen LogP contribution >= 0.6 is 11.3 Å². The molecule has 27 heavy (non-hydrogen) atoms. The summed E-state index contributed by atoms with van der Waals surface area (Å²) < 4.78 is 7.26. The van der Waals surface area contributed by atoms with Gasteiger partial charge in [0.1, 0.15) is 5.75 Å². The van der Waals surface area contributed by atoms with Gasteiger partial charge in [0.2, 0.25) is 4.80 Å². The van der Waals surface area contributed by atoms with Crippen LogP contribution in [0, 0.1) is 17.8 Å². The molecular formula is C22H25N3OS. The highest BCUT2D eigenvalue weighted by Crippen LogP contribution is 2.42. The van der Waals surface area contributed by atoms with Gasteiger partial charge >= 0.3 is 0 Å². The molecule has 3 unspecified atom stereocenters. The Morgan fingerprint density at radius 3 is 2.74 bits per heavy atom. The standard InChI is InChI=1S/C22H25N3OS/c1-15(2)12-23-22-25(24-13-19-11-16-4-5-18(19)10-16)21(14-27-22)17-6-8-20(26-3)9-7-17/h4-9,13-14,16,18-19H,1,10-12H2,2-3H3. The van der Waals surface area contributed by atoms with Crippen molar-refractivity contribution in [1.82, 2.24) is 4.68 Å². The summed E-state index contributed by atoms with van der Waals surface area (Å²) in [7, 11) is 1.68. The highest BCUT2D eigenvalue weighted by atomic mass is 32.1. The van der Waals surface area contributed by atoms with E-state index in [-0.39, 0.29) is 0 Å². The van der Waals surface area contributed by atoms with Crippen molar-refractivity contribution in [3.8, 4) is 17.0 Å². The Labute approximate surface area is 164 Å². The zero-order valence-corrected chi connectivity index (χ0v) is 16.7.